The smallest absolute Gasteiger partial charge is 0.387 e. The second kappa shape index (κ2) is 5.60. The number of ether oxygens (including phenoxy) is 1. The van der Waals surface area contributed by atoms with E-state index in [1.54, 1.807) is 12.1 Å². The van der Waals surface area contributed by atoms with Crippen LogP contribution in [0.15, 0.2) is 24.3 Å². The predicted molar refractivity (Wildman–Crippen MR) is 73.0 cm³/mol. The Kier molecular flexibility index (Phi) is 3.80. The topological polar surface area (TPSA) is 41.6 Å². The van der Waals surface area contributed by atoms with E-state index in [9.17, 15) is 13.6 Å². The molecule has 0 bridgehead atoms. The lowest BCUT2D eigenvalue weighted by Crippen LogP contribution is -2.35. The number of likely N-dealkylation sites (tertiary alicyclic amines) is 1. The van der Waals surface area contributed by atoms with Crippen LogP contribution >= 0.6 is 0 Å². The normalized spacial score (nSPS) is 25.3. The number of carbonyl (C=O) groups is 1. The maximum absolute atomic E-state index is 12.5. The quantitative estimate of drug-likeness (QED) is 0.924. The van der Waals surface area contributed by atoms with Crippen molar-refractivity contribution in [1.82, 2.24) is 10.2 Å². The van der Waals surface area contributed by atoms with Crippen molar-refractivity contribution >= 4 is 5.91 Å². The van der Waals surface area contributed by atoms with Crippen LogP contribution in [0.2, 0.25) is 0 Å². The van der Waals surface area contributed by atoms with Crippen LogP contribution in [0.4, 0.5) is 8.78 Å². The molecule has 4 nitrogen and oxygen atoms in total. The molecule has 21 heavy (non-hydrogen) atoms. The van der Waals surface area contributed by atoms with Gasteiger partial charge in [-0.1, -0.05) is 12.1 Å². The molecule has 2 aliphatic heterocycles. The van der Waals surface area contributed by atoms with Gasteiger partial charge in [-0.25, -0.2) is 0 Å². The molecule has 1 spiro atoms. The summed E-state index contributed by atoms with van der Waals surface area (Å²) < 4.78 is 28.5. The SMILES string of the molecule is O=C1N(Cc2ccc(OC(F)F)cc2)CCC12CCNC2. The summed E-state index contributed by atoms with van der Waals surface area (Å²) in [5.41, 5.74) is 0.714. The molecule has 114 valence electrons. The highest BCUT2D eigenvalue weighted by atomic mass is 19.3. The third-order valence-electron chi connectivity index (χ3n) is 4.37. The van der Waals surface area contributed by atoms with Crippen LogP contribution < -0.4 is 10.1 Å². The number of alkyl halides is 2. The van der Waals surface area contributed by atoms with Crippen LogP contribution in [0.25, 0.3) is 0 Å². The zero-order valence-electron chi connectivity index (χ0n) is 11.6. The molecule has 2 heterocycles. The third-order valence-corrected chi connectivity index (χ3v) is 4.37. The Bertz CT molecular complexity index is 513. The van der Waals surface area contributed by atoms with Gasteiger partial charge in [0.15, 0.2) is 0 Å². The molecule has 2 fully saturated rings. The molecule has 1 N–H and O–H groups in total. The van der Waals surface area contributed by atoms with Crippen LogP contribution in [0.5, 0.6) is 5.75 Å². The van der Waals surface area contributed by atoms with Gasteiger partial charge in [0, 0.05) is 19.6 Å². The number of benzene rings is 1. The summed E-state index contributed by atoms with van der Waals surface area (Å²) in [7, 11) is 0. The van der Waals surface area contributed by atoms with E-state index >= 15 is 0 Å². The second-order valence-corrected chi connectivity index (χ2v) is 5.71. The summed E-state index contributed by atoms with van der Waals surface area (Å²) in [5, 5.41) is 3.26. The second-order valence-electron chi connectivity index (χ2n) is 5.71. The largest absolute Gasteiger partial charge is 0.435 e. The molecular formula is C15H18F2N2O2. The van der Waals surface area contributed by atoms with E-state index in [1.165, 1.54) is 12.1 Å². The molecule has 1 amide bonds. The van der Waals surface area contributed by atoms with Gasteiger partial charge in [0.05, 0.1) is 5.41 Å². The van der Waals surface area contributed by atoms with Crippen molar-refractivity contribution in [3.05, 3.63) is 29.8 Å². The average molecular weight is 296 g/mol. The number of nitrogens with one attached hydrogen (secondary N) is 1. The van der Waals surface area contributed by atoms with Gasteiger partial charge in [0.2, 0.25) is 5.91 Å². The Morgan fingerprint density at radius 3 is 2.67 bits per heavy atom. The summed E-state index contributed by atoms with van der Waals surface area (Å²) in [6.45, 7) is 0.138. The molecule has 0 radical (unpaired) electrons. The molecule has 1 unspecified atom stereocenters. The lowest BCUT2D eigenvalue weighted by molar-refractivity contribution is -0.135. The van der Waals surface area contributed by atoms with Crippen molar-refractivity contribution in [3.63, 3.8) is 0 Å². The molecule has 2 saturated heterocycles. The molecule has 1 aromatic rings. The van der Waals surface area contributed by atoms with Crippen molar-refractivity contribution in [1.29, 1.82) is 0 Å². The van der Waals surface area contributed by atoms with Gasteiger partial charge in [-0.3, -0.25) is 4.79 Å². The van der Waals surface area contributed by atoms with E-state index in [4.69, 9.17) is 0 Å². The van der Waals surface area contributed by atoms with Gasteiger partial charge in [-0.05, 0) is 37.1 Å². The van der Waals surface area contributed by atoms with Gasteiger partial charge in [0.1, 0.15) is 5.75 Å². The Morgan fingerprint density at radius 2 is 2.05 bits per heavy atom. The van der Waals surface area contributed by atoms with Crippen LogP contribution in [0, 0.1) is 5.41 Å². The van der Waals surface area contributed by atoms with Gasteiger partial charge in [-0.2, -0.15) is 8.78 Å². The highest BCUT2D eigenvalue weighted by molar-refractivity contribution is 5.85. The van der Waals surface area contributed by atoms with E-state index in [0.717, 1.165) is 38.0 Å². The first-order chi connectivity index (χ1) is 10.1. The third kappa shape index (κ3) is 2.85. The summed E-state index contributed by atoms with van der Waals surface area (Å²) in [5.74, 6) is 0.346. The van der Waals surface area contributed by atoms with Gasteiger partial charge in [-0.15, -0.1) is 0 Å². The monoisotopic (exact) mass is 296 g/mol. The van der Waals surface area contributed by atoms with Gasteiger partial charge < -0.3 is 15.0 Å². The Hall–Kier alpha value is -1.69. The van der Waals surface area contributed by atoms with Crippen LogP contribution in [0.1, 0.15) is 18.4 Å². The first-order valence-corrected chi connectivity index (χ1v) is 7.13. The van der Waals surface area contributed by atoms with Gasteiger partial charge >= 0.3 is 6.61 Å². The van der Waals surface area contributed by atoms with Crippen LogP contribution in [-0.2, 0) is 11.3 Å². The van der Waals surface area contributed by atoms with Crippen LogP contribution in [-0.4, -0.2) is 37.1 Å². The molecule has 3 rings (SSSR count). The standard InChI is InChI=1S/C15H18F2N2O2/c16-14(17)21-12-3-1-11(2-4-12)9-19-8-6-15(13(19)20)5-7-18-10-15/h1-4,14,18H,5-10H2. The molecular weight excluding hydrogens is 278 g/mol. The summed E-state index contributed by atoms with van der Waals surface area (Å²) in [4.78, 5) is 14.4. The van der Waals surface area contributed by atoms with E-state index < -0.39 is 6.61 Å². The van der Waals surface area contributed by atoms with Gasteiger partial charge in [0.25, 0.3) is 0 Å². The lowest BCUT2D eigenvalue weighted by atomic mass is 9.86. The molecule has 0 saturated carbocycles. The van der Waals surface area contributed by atoms with Crippen molar-refractivity contribution in [2.45, 2.75) is 26.0 Å². The Morgan fingerprint density at radius 1 is 1.29 bits per heavy atom. The Balaban J connectivity index is 1.63. The number of hydrogen-bond acceptors (Lipinski definition) is 3. The zero-order chi connectivity index (χ0) is 14.9. The van der Waals surface area contributed by atoms with E-state index in [-0.39, 0.29) is 17.1 Å². The number of amides is 1. The summed E-state index contributed by atoms with van der Waals surface area (Å²) >= 11 is 0. The summed E-state index contributed by atoms with van der Waals surface area (Å²) in [6.07, 6.45) is 1.80. The lowest BCUT2D eigenvalue weighted by Gasteiger charge is -2.22. The average Bonchev–Trinajstić information content (AvgIpc) is 3.04. The molecule has 0 aliphatic carbocycles. The van der Waals surface area contributed by atoms with E-state index in [0.29, 0.717) is 6.54 Å². The highest BCUT2D eigenvalue weighted by Gasteiger charge is 2.47. The maximum Gasteiger partial charge on any atom is 0.387 e. The fourth-order valence-electron chi connectivity index (χ4n) is 3.18. The molecule has 6 heteroatoms. The summed E-state index contributed by atoms with van der Waals surface area (Å²) in [6, 6.07) is 6.47. The predicted octanol–water partition coefficient (Wildman–Crippen LogP) is 2.00. The first-order valence-electron chi connectivity index (χ1n) is 7.13. The molecule has 2 aliphatic rings. The number of rotatable bonds is 4. The molecule has 0 aromatic heterocycles. The minimum absolute atomic E-state index is 0.137. The van der Waals surface area contributed by atoms with Crippen molar-refractivity contribution in [2.75, 3.05) is 19.6 Å². The van der Waals surface area contributed by atoms with Crippen molar-refractivity contribution in [2.24, 2.45) is 5.41 Å². The number of hydrogen-bond donors (Lipinski definition) is 1. The van der Waals surface area contributed by atoms with Crippen LogP contribution in [0.3, 0.4) is 0 Å². The number of halogens is 2. The zero-order valence-corrected chi connectivity index (χ0v) is 11.6. The fourth-order valence-corrected chi connectivity index (χ4v) is 3.18. The highest BCUT2D eigenvalue weighted by Crippen LogP contribution is 2.38. The first kappa shape index (κ1) is 14.3. The van der Waals surface area contributed by atoms with Crippen molar-refractivity contribution in [3.8, 4) is 5.75 Å². The Labute approximate surface area is 122 Å². The molecule has 1 aromatic carbocycles. The fraction of sp³-hybridized carbons (Fsp3) is 0.533. The molecule has 1 atom stereocenters. The maximum atomic E-state index is 12.5. The van der Waals surface area contributed by atoms with Crippen molar-refractivity contribution < 1.29 is 18.3 Å². The van der Waals surface area contributed by atoms with E-state index in [2.05, 4.69) is 10.1 Å². The number of carbonyl (C=O) groups excluding carboxylic acids is 1. The minimum atomic E-state index is -2.81. The minimum Gasteiger partial charge on any atom is -0.435 e. The number of nitrogens with zero attached hydrogens (tertiary/aromatic N) is 1. The van der Waals surface area contributed by atoms with E-state index in [1.807, 2.05) is 4.90 Å².